The lowest BCUT2D eigenvalue weighted by atomic mass is 10.0. The van der Waals surface area contributed by atoms with E-state index in [0.29, 0.717) is 23.8 Å². The van der Waals surface area contributed by atoms with E-state index in [1.807, 2.05) is 6.92 Å². The second-order valence-corrected chi connectivity index (χ2v) is 8.09. The zero-order chi connectivity index (χ0) is 20.1. The normalized spacial score (nSPS) is 17.5. The molecule has 0 bridgehead atoms. The highest BCUT2D eigenvalue weighted by Crippen LogP contribution is 2.24. The van der Waals surface area contributed by atoms with Gasteiger partial charge in [-0.05, 0) is 71.6 Å². The molecule has 2 aromatic rings. The summed E-state index contributed by atoms with van der Waals surface area (Å²) in [7, 11) is 0. The molecule has 0 amide bonds. The van der Waals surface area contributed by atoms with E-state index in [1.54, 1.807) is 0 Å². The molecule has 2 heterocycles. The monoisotopic (exact) mass is 382 g/mol. The van der Waals surface area contributed by atoms with Crippen LogP contribution in [0.5, 0.6) is 0 Å². The Labute approximate surface area is 169 Å². The maximum atomic E-state index is 4.57. The molecule has 0 spiro atoms. The summed E-state index contributed by atoms with van der Waals surface area (Å²) >= 11 is 0. The number of aryl methyl sites for hydroxylation is 4. The molecule has 2 N–H and O–H groups in total. The van der Waals surface area contributed by atoms with E-state index >= 15 is 0 Å². The molecule has 0 radical (unpaired) electrons. The van der Waals surface area contributed by atoms with Crippen molar-refractivity contribution in [3.8, 4) is 0 Å². The van der Waals surface area contributed by atoms with Crippen molar-refractivity contribution in [2.24, 2.45) is 0 Å². The Morgan fingerprint density at radius 1 is 1.00 bits per heavy atom. The summed E-state index contributed by atoms with van der Waals surface area (Å²) in [4.78, 5) is 16.1. The number of aromatic nitrogens is 3. The van der Waals surface area contributed by atoms with Gasteiger partial charge in [-0.25, -0.2) is 0 Å². The first kappa shape index (κ1) is 20.5. The number of nitrogens with one attached hydrogen (secondary N) is 2. The Kier molecular flexibility index (Phi) is 6.83. The Bertz CT molecular complexity index is 781. The van der Waals surface area contributed by atoms with Gasteiger partial charge in [-0.15, -0.1) is 0 Å². The molecule has 1 atom stereocenters. The number of piperidine rings is 1. The lowest BCUT2D eigenvalue weighted by Crippen LogP contribution is -2.38. The van der Waals surface area contributed by atoms with Crippen LogP contribution in [0.3, 0.4) is 0 Å². The lowest BCUT2D eigenvalue weighted by Gasteiger charge is -2.33. The SMILES string of the molecule is Cc1cc(C)c(Nc2nc(C)nc(NCCCN3CCCCC3C)n2)c(C)c1. The van der Waals surface area contributed by atoms with Crippen molar-refractivity contribution in [2.75, 3.05) is 30.3 Å². The zero-order valence-corrected chi connectivity index (χ0v) is 18.0. The minimum absolute atomic E-state index is 0.592. The number of hydrogen-bond donors (Lipinski definition) is 2. The lowest BCUT2D eigenvalue weighted by molar-refractivity contribution is 0.160. The Hall–Kier alpha value is -2.21. The fraction of sp³-hybridized carbons (Fsp3) is 0.591. The summed E-state index contributed by atoms with van der Waals surface area (Å²) in [5, 5.41) is 6.76. The van der Waals surface area contributed by atoms with Gasteiger partial charge in [0.05, 0.1) is 0 Å². The predicted octanol–water partition coefficient (Wildman–Crippen LogP) is 4.53. The van der Waals surface area contributed by atoms with E-state index in [0.717, 1.165) is 25.2 Å². The van der Waals surface area contributed by atoms with Crippen molar-refractivity contribution in [2.45, 2.75) is 66.3 Å². The Morgan fingerprint density at radius 2 is 1.71 bits per heavy atom. The fourth-order valence-corrected chi connectivity index (χ4v) is 4.08. The third-order valence-corrected chi connectivity index (χ3v) is 5.51. The molecule has 0 aliphatic carbocycles. The summed E-state index contributed by atoms with van der Waals surface area (Å²) in [6.07, 6.45) is 5.12. The van der Waals surface area contributed by atoms with Crippen molar-refractivity contribution in [1.82, 2.24) is 19.9 Å². The quantitative estimate of drug-likeness (QED) is 0.686. The summed E-state index contributed by atoms with van der Waals surface area (Å²) in [5.74, 6) is 1.95. The maximum absolute atomic E-state index is 4.57. The van der Waals surface area contributed by atoms with Crippen molar-refractivity contribution in [3.05, 3.63) is 34.6 Å². The van der Waals surface area contributed by atoms with Crippen LogP contribution in [0.25, 0.3) is 0 Å². The molecule has 28 heavy (non-hydrogen) atoms. The van der Waals surface area contributed by atoms with Gasteiger partial charge in [-0.2, -0.15) is 15.0 Å². The van der Waals surface area contributed by atoms with Gasteiger partial charge in [0.25, 0.3) is 0 Å². The first-order valence-electron chi connectivity index (χ1n) is 10.5. The highest BCUT2D eigenvalue weighted by atomic mass is 15.2. The molecule has 1 saturated heterocycles. The van der Waals surface area contributed by atoms with Gasteiger partial charge < -0.3 is 15.5 Å². The number of nitrogens with zero attached hydrogens (tertiary/aromatic N) is 4. The average molecular weight is 383 g/mol. The second-order valence-electron chi connectivity index (χ2n) is 8.09. The summed E-state index contributed by atoms with van der Waals surface area (Å²) in [6, 6.07) is 5.05. The summed E-state index contributed by atoms with van der Waals surface area (Å²) < 4.78 is 0. The van der Waals surface area contributed by atoms with Gasteiger partial charge in [0, 0.05) is 24.8 Å². The largest absolute Gasteiger partial charge is 0.354 e. The maximum Gasteiger partial charge on any atom is 0.232 e. The zero-order valence-electron chi connectivity index (χ0n) is 18.0. The number of hydrogen-bond acceptors (Lipinski definition) is 6. The third kappa shape index (κ3) is 5.41. The van der Waals surface area contributed by atoms with Crippen molar-refractivity contribution < 1.29 is 0 Å². The molecule has 1 fully saturated rings. The molecule has 1 aromatic carbocycles. The minimum atomic E-state index is 0.592. The van der Waals surface area contributed by atoms with Crippen LogP contribution >= 0.6 is 0 Å². The van der Waals surface area contributed by atoms with E-state index in [1.165, 1.54) is 42.5 Å². The van der Waals surface area contributed by atoms with Crippen molar-refractivity contribution in [3.63, 3.8) is 0 Å². The van der Waals surface area contributed by atoms with Crippen LogP contribution in [0, 0.1) is 27.7 Å². The topological polar surface area (TPSA) is 66.0 Å². The minimum Gasteiger partial charge on any atom is -0.354 e. The van der Waals surface area contributed by atoms with E-state index in [-0.39, 0.29) is 0 Å². The van der Waals surface area contributed by atoms with Crippen LogP contribution in [-0.2, 0) is 0 Å². The molecule has 1 aliphatic rings. The molecule has 152 valence electrons. The van der Waals surface area contributed by atoms with Crippen LogP contribution < -0.4 is 10.6 Å². The molecular weight excluding hydrogens is 348 g/mol. The molecule has 1 aromatic heterocycles. The van der Waals surface area contributed by atoms with Gasteiger partial charge in [-0.3, -0.25) is 0 Å². The molecule has 1 unspecified atom stereocenters. The molecule has 0 saturated carbocycles. The average Bonchev–Trinajstić information content (AvgIpc) is 2.63. The van der Waals surface area contributed by atoms with Crippen LogP contribution in [0.1, 0.15) is 55.1 Å². The number of benzene rings is 1. The highest BCUT2D eigenvalue weighted by molar-refractivity contribution is 5.64. The van der Waals surface area contributed by atoms with E-state index in [4.69, 9.17) is 0 Å². The molecule has 6 nitrogen and oxygen atoms in total. The van der Waals surface area contributed by atoms with E-state index < -0.39 is 0 Å². The predicted molar refractivity (Wildman–Crippen MR) is 116 cm³/mol. The third-order valence-electron chi connectivity index (χ3n) is 5.51. The van der Waals surface area contributed by atoms with Crippen LogP contribution in [0.4, 0.5) is 17.6 Å². The van der Waals surface area contributed by atoms with Gasteiger partial charge in [0.15, 0.2) is 0 Å². The Morgan fingerprint density at radius 3 is 2.43 bits per heavy atom. The number of likely N-dealkylation sites (tertiary alicyclic amines) is 1. The van der Waals surface area contributed by atoms with Crippen molar-refractivity contribution in [1.29, 1.82) is 0 Å². The summed E-state index contributed by atoms with van der Waals surface area (Å²) in [5.41, 5.74) is 4.72. The number of rotatable bonds is 7. The molecular formula is C22H34N6. The van der Waals surface area contributed by atoms with Gasteiger partial charge in [-0.1, -0.05) is 24.1 Å². The van der Waals surface area contributed by atoms with Crippen molar-refractivity contribution >= 4 is 17.6 Å². The van der Waals surface area contributed by atoms with Crippen LogP contribution in [0.2, 0.25) is 0 Å². The van der Waals surface area contributed by atoms with Crippen LogP contribution in [0.15, 0.2) is 12.1 Å². The fourth-order valence-electron chi connectivity index (χ4n) is 4.08. The molecule has 6 heteroatoms. The smallest absolute Gasteiger partial charge is 0.232 e. The van der Waals surface area contributed by atoms with Gasteiger partial charge in [0.1, 0.15) is 5.82 Å². The first-order chi connectivity index (χ1) is 13.4. The summed E-state index contributed by atoms with van der Waals surface area (Å²) in [6.45, 7) is 13.8. The van der Waals surface area contributed by atoms with E-state index in [2.05, 4.69) is 70.3 Å². The molecule has 1 aliphatic heterocycles. The van der Waals surface area contributed by atoms with Gasteiger partial charge >= 0.3 is 0 Å². The highest BCUT2D eigenvalue weighted by Gasteiger charge is 2.17. The first-order valence-corrected chi connectivity index (χ1v) is 10.5. The molecule has 3 rings (SSSR count). The second kappa shape index (κ2) is 9.32. The number of anilines is 3. The standard InChI is InChI=1S/C22H34N6/c1-15-13-16(2)20(17(3)14-15)26-22-25-19(5)24-21(27-22)23-10-8-12-28-11-7-6-9-18(28)4/h13-14,18H,6-12H2,1-5H3,(H2,23,24,25,26,27). The van der Waals surface area contributed by atoms with E-state index in [9.17, 15) is 0 Å². The van der Waals surface area contributed by atoms with Crippen LogP contribution in [-0.4, -0.2) is 45.5 Å². The van der Waals surface area contributed by atoms with Gasteiger partial charge in [0.2, 0.25) is 11.9 Å². The Balaban J connectivity index is 1.59.